The third kappa shape index (κ3) is 3.25. The van der Waals surface area contributed by atoms with Crippen LogP contribution in [0.5, 0.6) is 0 Å². The van der Waals surface area contributed by atoms with Gasteiger partial charge in [-0.05, 0) is 97.7 Å². The van der Waals surface area contributed by atoms with Crippen molar-refractivity contribution < 1.29 is 30.3 Å². The molecule has 4 N–H and O–H groups in total. The lowest BCUT2D eigenvalue weighted by atomic mass is 9.43. The first kappa shape index (κ1) is 22.5. The van der Waals surface area contributed by atoms with E-state index in [1.165, 1.54) is 0 Å². The summed E-state index contributed by atoms with van der Waals surface area (Å²) in [7, 11) is 0. The second kappa shape index (κ2) is 7.72. The van der Waals surface area contributed by atoms with Crippen molar-refractivity contribution in [3.8, 4) is 0 Å². The molecule has 0 aromatic heterocycles. The summed E-state index contributed by atoms with van der Waals surface area (Å²) in [5.41, 5.74) is -0.521. The van der Waals surface area contributed by atoms with Gasteiger partial charge in [-0.2, -0.15) is 0 Å². The molecule has 6 heteroatoms. The van der Waals surface area contributed by atoms with E-state index in [2.05, 4.69) is 20.8 Å². The number of carbonyl (C=O) groups is 1. The van der Waals surface area contributed by atoms with E-state index >= 15 is 0 Å². The average molecular weight is 424 g/mol. The predicted octanol–water partition coefficient (Wildman–Crippen LogP) is 1.08. The maximum atomic E-state index is 11.5. The molecule has 0 aliphatic heterocycles. The van der Waals surface area contributed by atoms with Crippen LogP contribution < -0.4 is 5.11 Å². The summed E-state index contributed by atoms with van der Waals surface area (Å²) in [5.74, 6) is -0.0554. The summed E-state index contributed by atoms with van der Waals surface area (Å²) in [5, 5.41) is 54.3. The molecule has 4 aliphatic carbocycles. The predicted molar refractivity (Wildman–Crippen MR) is 109 cm³/mol. The average Bonchev–Trinajstić information content (AvgIpc) is 3.02. The van der Waals surface area contributed by atoms with Crippen molar-refractivity contribution >= 4 is 5.97 Å². The summed E-state index contributed by atoms with van der Waals surface area (Å²) in [6, 6.07) is 0. The first-order chi connectivity index (χ1) is 14.0. The highest BCUT2D eigenvalue weighted by molar-refractivity contribution is 5.64. The molecule has 0 bridgehead atoms. The van der Waals surface area contributed by atoms with Crippen molar-refractivity contribution in [2.75, 3.05) is 0 Å². The Bertz CT molecular complexity index is 668. The van der Waals surface area contributed by atoms with E-state index in [0.717, 1.165) is 12.8 Å². The van der Waals surface area contributed by atoms with Crippen LogP contribution >= 0.6 is 0 Å². The fraction of sp³-hybridized carbons (Fsp3) is 0.958. The van der Waals surface area contributed by atoms with Gasteiger partial charge in [0.15, 0.2) is 0 Å². The minimum atomic E-state index is -1.02. The molecule has 0 amide bonds. The van der Waals surface area contributed by atoms with E-state index in [0.29, 0.717) is 32.1 Å². The summed E-state index contributed by atoms with van der Waals surface area (Å²) < 4.78 is 0. The number of hydrogen-bond donors (Lipinski definition) is 4. The van der Waals surface area contributed by atoms with Crippen molar-refractivity contribution in [2.24, 2.45) is 46.3 Å². The normalized spacial score (nSPS) is 54.0. The Hall–Kier alpha value is -0.690. The molecule has 4 aliphatic rings. The number of carboxylic acid groups (broad SMARTS) is 1. The van der Waals surface area contributed by atoms with E-state index in [-0.39, 0.29) is 52.8 Å². The lowest BCUT2D eigenvalue weighted by Gasteiger charge is -2.64. The highest BCUT2D eigenvalue weighted by Crippen LogP contribution is 2.68. The molecule has 12 atom stereocenters. The van der Waals surface area contributed by atoms with Crippen LogP contribution in [0.4, 0.5) is 0 Å². The first-order valence-corrected chi connectivity index (χ1v) is 11.9. The zero-order chi connectivity index (χ0) is 22.0. The number of rotatable bonds is 4. The number of aliphatic carboxylic acids is 1. The van der Waals surface area contributed by atoms with Gasteiger partial charge in [0.1, 0.15) is 0 Å². The van der Waals surface area contributed by atoms with Gasteiger partial charge in [-0.25, -0.2) is 0 Å². The highest BCUT2D eigenvalue weighted by Gasteiger charge is 2.66. The standard InChI is InChI=1S/C24H40O6/c1-12(4-7-21(29)30)14-5-6-15-22-16(10-20(28)24(14,15)3)23(2)11-19(27)17(25)8-13(23)9-18(22)26/h12-20,22,25-28H,4-11H2,1-3H3,(H,29,30)/p-1/t12-,13+,14-,15+,16+,17+,18-,19+,20+,22+,23+,24-/m1/s1. The maximum absolute atomic E-state index is 11.5. The number of hydrogen-bond acceptors (Lipinski definition) is 6. The Morgan fingerprint density at radius 1 is 1.00 bits per heavy atom. The minimum absolute atomic E-state index is 0.0448. The van der Waals surface area contributed by atoms with Crippen LogP contribution in [0.25, 0.3) is 0 Å². The number of fused-ring (bicyclic) bond motifs is 5. The van der Waals surface area contributed by atoms with Crippen molar-refractivity contribution in [1.82, 2.24) is 0 Å². The Labute approximate surface area is 179 Å². The van der Waals surface area contributed by atoms with Crippen molar-refractivity contribution in [1.29, 1.82) is 0 Å². The maximum Gasteiger partial charge on any atom is 0.0804 e. The lowest BCUT2D eigenvalue weighted by molar-refractivity contribution is -0.306. The molecule has 4 fully saturated rings. The second-order valence-electron chi connectivity index (χ2n) is 11.6. The molecular weight excluding hydrogens is 384 g/mol. The third-order valence-electron chi connectivity index (χ3n) is 10.4. The van der Waals surface area contributed by atoms with E-state index in [1.54, 1.807) is 0 Å². The van der Waals surface area contributed by atoms with Crippen LogP contribution in [0.1, 0.15) is 72.1 Å². The zero-order valence-corrected chi connectivity index (χ0v) is 18.5. The molecule has 0 spiro atoms. The highest BCUT2D eigenvalue weighted by atomic mass is 16.4. The van der Waals surface area contributed by atoms with E-state index in [4.69, 9.17) is 0 Å². The molecule has 4 rings (SSSR count). The second-order valence-corrected chi connectivity index (χ2v) is 11.6. The Balaban J connectivity index is 1.62. The van der Waals surface area contributed by atoms with Gasteiger partial charge in [0.25, 0.3) is 0 Å². The molecule has 0 heterocycles. The number of aliphatic hydroxyl groups excluding tert-OH is 4. The van der Waals surface area contributed by atoms with Crippen LogP contribution in [0.3, 0.4) is 0 Å². The zero-order valence-electron chi connectivity index (χ0n) is 18.5. The fourth-order valence-electron chi connectivity index (χ4n) is 8.72. The van der Waals surface area contributed by atoms with Gasteiger partial charge >= 0.3 is 0 Å². The fourth-order valence-corrected chi connectivity index (χ4v) is 8.72. The lowest BCUT2D eigenvalue weighted by Crippen LogP contribution is -2.63. The van der Waals surface area contributed by atoms with E-state index in [1.807, 2.05) is 0 Å². The monoisotopic (exact) mass is 423 g/mol. The number of aliphatic hydroxyl groups is 4. The molecule has 172 valence electrons. The van der Waals surface area contributed by atoms with E-state index < -0.39 is 30.4 Å². The summed E-state index contributed by atoms with van der Waals surface area (Å²) >= 11 is 0. The summed E-state index contributed by atoms with van der Waals surface area (Å²) in [6.45, 7) is 6.44. The quantitative estimate of drug-likeness (QED) is 0.537. The van der Waals surface area contributed by atoms with Crippen LogP contribution in [-0.4, -0.2) is 50.8 Å². The van der Waals surface area contributed by atoms with Gasteiger partial charge in [-0.3, -0.25) is 0 Å². The molecule has 4 saturated carbocycles. The largest absolute Gasteiger partial charge is 0.550 e. The molecule has 30 heavy (non-hydrogen) atoms. The smallest absolute Gasteiger partial charge is 0.0804 e. The van der Waals surface area contributed by atoms with Gasteiger partial charge in [-0.15, -0.1) is 0 Å². The van der Waals surface area contributed by atoms with Crippen LogP contribution in [0, 0.1) is 46.3 Å². The number of carbonyl (C=O) groups excluding carboxylic acids is 1. The van der Waals surface area contributed by atoms with Crippen LogP contribution in [0.2, 0.25) is 0 Å². The topological polar surface area (TPSA) is 121 Å². The van der Waals surface area contributed by atoms with Crippen LogP contribution in [0.15, 0.2) is 0 Å². The summed E-state index contributed by atoms with van der Waals surface area (Å²) in [4.78, 5) is 11.0. The van der Waals surface area contributed by atoms with Gasteiger partial charge in [0.05, 0.1) is 24.4 Å². The van der Waals surface area contributed by atoms with Crippen molar-refractivity contribution in [3.63, 3.8) is 0 Å². The SMILES string of the molecule is C[C@H](CCC(=O)[O-])[C@H]1CC[C@H]2[C@@H]3[C@H](O)C[C@@H]4C[C@H](O)[C@@H](O)C[C@]4(C)[C@H]3C[C@H](O)[C@]12C. The minimum Gasteiger partial charge on any atom is -0.550 e. The van der Waals surface area contributed by atoms with Gasteiger partial charge in [-0.1, -0.05) is 20.8 Å². The first-order valence-electron chi connectivity index (χ1n) is 11.9. The Morgan fingerprint density at radius 2 is 1.67 bits per heavy atom. The third-order valence-corrected chi connectivity index (χ3v) is 10.4. The molecule has 0 aromatic carbocycles. The Morgan fingerprint density at radius 3 is 2.33 bits per heavy atom. The van der Waals surface area contributed by atoms with Crippen molar-refractivity contribution in [2.45, 2.75) is 96.6 Å². The van der Waals surface area contributed by atoms with Crippen LogP contribution in [-0.2, 0) is 4.79 Å². The van der Waals surface area contributed by atoms with E-state index in [9.17, 15) is 30.3 Å². The Kier molecular flexibility index (Phi) is 5.79. The molecule has 0 aromatic rings. The van der Waals surface area contributed by atoms with Gasteiger partial charge in [0, 0.05) is 5.97 Å². The van der Waals surface area contributed by atoms with Gasteiger partial charge < -0.3 is 30.3 Å². The molecule has 0 unspecified atom stereocenters. The summed E-state index contributed by atoms with van der Waals surface area (Å²) in [6.07, 6.45) is 2.35. The van der Waals surface area contributed by atoms with Crippen molar-refractivity contribution in [3.05, 3.63) is 0 Å². The number of carboxylic acids is 1. The molecular formula is C24H39O6-. The molecule has 0 radical (unpaired) electrons. The molecule has 6 nitrogen and oxygen atoms in total. The van der Waals surface area contributed by atoms with Gasteiger partial charge in [0.2, 0.25) is 0 Å². The molecule has 0 saturated heterocycles.